The highest BCUT2D eigenvalue weighted by atomic mass is 15.0. The smallest absolute Gasteiger partial charge is 0.204 e. The molecule has 8 aromatic rings. The van der Waals surface area contributed by atoms with Crippen molar-refractivity contribution < 1.29 is 0 Å². The Kier molecular flexibility index (Phi) is 7.00. The van der Waals surface area contributed by atoms with Crippen LogP contribution in [0.3, 0.4) is 0 Å². The second-order valence-corrected chi connectivity index (χ2v) is 15.3. The van der Waals surface area contributed by atoms with Gasteiger partial charge in [0.05, 0.1) is 40.3 Å². The van der Waals surface area contributed by atoms with Crippen LogP contribution in [-0.2, 0) is 10.8 Å². The molecule has 0 saturated carbocycles. The van der Waals surface area contributed by atoms with Crippen LogP contribution >= 0.6 is 0 Å². The van der Waals surface area contributed by atoms with E-state index in [9.17, 15) is 5.26 Å². The Labute approximate surface area is 293 Å². The Bertz CT molecular complexity index is 2730. The maximum absolute atomic E-state index is 9.91. The van der Waals surface area contributed by atoms with E-state index in [1.54, 1.807) is 6.07 Å². The van der Waals surface area contributed by atoms with E-state index in [-0.39, 0.29) is 10.8 Å². The molecule has 6 aromatic carbocycles. The first-order chi connectivity index (χ1) is 24.0. The fourth-order valence-electron chi connectivity index (χ4n) is 7.42. The molecule has 4 nitrogen and oxygen atoms in total. The normalized spacial score (nSPS) is 12.2. The van der Waals surface area contributed by atoms with Crippen molar-refractivity contribution in [1.29, 1.82) is 5.26 Å². The standard InChI is InChI=1S/C46H38N4/c1-45(2,3)31-17-22-41-37(26-31)36-25-29(16-21-40(36)49(41)33-12-9-8-10-13-33)35-14-11-15-43-44(35)38-27-32(46(4,5)6)18-23-42(38)50(43)34-19-20-39(48-7)30(24-34)28-47/h8-27H,1-6H3. The summed E-state index contributed by atoms with van der Waals surface area (Å²) in [7, 11) is 0. The minimum absolute atomic E-state index is 0.0174. The van der Waals surface area contributed by atoms with E-state index in [0.717, 1.165) is 38.9 Å². The van der Waals surface area contributed by atoms with Crippen molar-refractivity contribution >= 4 is 49.3 Å². The highest BCUT2D eigenvalue weighted by molar-refractivity contribution is 6.17. The highest BCUT2D eigenvalue weighted by Crippen LogP contribution is 2.43. The quantitative estimate of drug-likeness (QED) is 0.176. The largest absolute Gasteiger partial charge is 0.309 e. The lowest BCUT2D eigenvalue weighted by atomic mass is 9.86. The van der Waals surface area contributed by atoms with Gasteiger partial charge in [-0.15, -0.1) is 0 Å². The Hall–Kier alpha value is -6.10. The molecular weight excluding hydrogens is 609 g/mol. The van der Waals surface area contributed by atoms with Gasteiger partial charge in [-0.25, -0.2) is 4.85 Å². The molecule has 0 atom stereocenters. The Morgan fingerprint density at radius 1 is 0.560 bits per heavy atom. The van der Waals surface area contributed by atoms with Crippen molar-refractivity contribution in [2.75, 3.05) is 0 Å². The summed E-state index contributed by atoms with van der Waals surface area (Å²) in [6.07, 6.45) is 0. The molecule has 4 heteroatoms. The Balaban J connectivity index is 1.45. The van der Waals surface area contributed by atoms with E-state index in [4.69, 9.17) is 6.57 Å². The molecule has 50 heavy (non-hydrogen) atoms. The van der Waals surface area contributed by atoms with Gasteiger partial charge in [0.2, 0.25) is 5.69 Å². The lowest BCUT2D eigenvalue weighted by Crippen LogP contribution is -2.10. The lowest BCUT2D eigenvalue weighted by Gasteiger charge is -2.19. The maximum atomic E-state index is 9.91. The summed E-state index contributed by atoms with van der Waals surface area (Å²) in [6, 6.07) is 45.5. The lowest BCUT2D eigenvalue weighted by molar-refractivity contribution is 0.591. The first-order valence-corrected chi connectivity index (χ1v) is 17.1. The zero-order valence-corrected chi connectivity index (χ0v) is 29.3. The summed E-state index contributed by atoms with van der Waals surface area (Å²) in [5.41, 5.74) is 12.1. The molecule has 0 aliphatic rings. The van der Waals surface area contributed by atoms with Crippen LogP contribution in [0.2, 0.25) is 0 Å². The summed E-state index contributed by atoms with van der Waals surface area (Å²) < 4.78 is 4.62. The van der Waals surface area contributed by atoms with E-state index in [1.165, 1.54) is 38.3 Å². The van der Waals surface area contributed by atoms with Gasteiger partial charge in [-0.3, -0.25) is 0 Å². The van der Waals surface area contributed by atoms with Crippen molar-refractivity contribution in [3.8, 4) is 28.6 Å². The number of nitriles is 1. The number of hydrogen-bond acceptors (Lipinski definition) is 1. The topological polar surface area (TPSA) is 38.0 Å². The second-order valence-electron chi connectivity index (χ2n) is 15.3. The molecule has 2 aromatic heterocycles. The van der Waals surface area contributed by atoms with Gasteiger partial charge in [-0.1, -0.05) is 96.1 Å². The third-order valence-electron chi connectivity index (χ3n) is 10.1. The van der Waals surface area contributed by atoms with E-state index in [0.29, 0.717) is 11.3 Å². The molecule has 0 radical (unpaired) electrons. The second kappa shape index (κ2) is 11.2. The molecule has 0 fully saturated rings. The minimum atomic E-state index is -0.0360. The first-order valence-electron chi connectivity index (χ1n) is 17.1. The van der Waals surface area contributed by atoms with Crippen LogP contribution in [0, 0.1) is 17.9 Å². The van der Waals surface area contributed by atoms with Crippen LogP contribution in [0.5, 0.6) is 0 Å². The average Bonchev–Trinajstić information content (AvgIpc) is 3.62. The fraction of sp³-hybridized carbons (Fsp3) is 0.174. The first kappa shape index (κ1) is 31.2. The third kappa shape index (κ3) is 4.88. The molecule has 0 saturated heterocycles. The van der Waals surface area contributed by atoms with Gasteiger partial charge in [-0.05, 0) is 99.8 Å². The molecule has 8 rings (SSSR count). The summed E-state index contributed by atoms with van der Waals surface area (Å²) in [5.74, 6) is 0. The van der Waals surface area contributed by atoms with Crippen LogP contribution in [0.1, 0.15) is 58.2 Å². The van der Waals surface area contributed by atoms with Gasteiger partial charge in [0.25, 0.3) is 0 Å². The number of benzene rings is 6. The van der Waals surface area contributed by atoms with Crippen LogP contribution in [-0.4, -0.2) is 9.13 Å². The summed E-state index contributed by atoms with van der Waals surface area (Å²) in [6.45, 7) is 21.1. The monoisotopic (exact) mass is 646 g/mol. The number of aromatic nitrogens is 2. The molecule has 0 spiro atoms. The predicted octanol–water partition coefficient (Wildman–Crippen LogP) is 12.6. The van der Waals surface area contributed by atoms with Crippen molar-refractivity contribution in [3.05, 3.63) is 149 Å². The fourth-order valence-corrected chi connectivity index (χ4v) is 7.42. The third-order valence-corrected chi connectivity index (χ3v) is 10.1. The molecule has 0 aliphatic heterocycles. The molecule has 0 N–H and O–H groups in total. The van der Waals surface area contributed by atoms with E-state index >= 15 is 0 Å². The number of fused-ring (bicyclic) bond motifs is 6. The van der Waals surface area contributed by atoms with Crippen molar-refractivity contribution in [1.82, 2.24) is 9.13 Å². The SMILES string of the molecule is [C-]#[N+]c1ccc(-n2c3ccc(C(C)(C)C)cc3c3c(-c4ccc5c(c4)c4cc(C(C)(C)C)ccc4n5-c4ccccc4)cccc32)cc1C#N. The van der Waals surface area contributed by atoms with E-state index in [2.05, 4.69) is 165 Å². The molecule has 0 aliphatic carbocycles. The Morgan fingerprint density at radius 3 is 1.80 bits per heavy atom. The van der Waals surface area contributed by atoms with Gasteiger partial charge < -0.3 is 9.13 Å². The van der Waals surface area contributed by atoms with Crippen LogP contribution in [0.15, 0.2) is 121 Å². The summed E-state index contributed by atoms with van der Waals surface area (Å²) in [5, 5.41) is 14.7. The number of rotatable bonds is 3. The minimum Gasteiger partial charge on any atom is -0.309 e. The molecular formula is C46H38N4. The van der Waals surface area contributed by atoms with Gasteiger partial charge in [-0.2, -0.15) is 5.26 Å². The number of nitrogens with zero attached hydrogens (tertiary/aromatic N) is 4. The number of para-hydroxylation sites is 1. The van der Waals surface area contributed by atoms with Crippen molar-refractivity contribution in [2.24, 2.45) is 0 Å². The van der Waals surface area contributed by atoms with E-state index in [1.807, 2.05) is 12.1 Å². The molecule has 0 amide bonds. The van der Waals surface area contributed by atoms with Crippen LogP contribution in [0.4, 0.5) is 5.69 Å². The molecule has 0 unspecified atom stereocenters. The average molecular weight is 647 g/mol. The zero-order chi connectivity index (χ0) is 34.9. The van der Waals surface area contributed by atoms with Crippen molar-refractivity contribution in [2.45, 2.75) is 52.4 Å². The van der Waals surface area contributed by atoms with Gasteiger partial charge in [0, 0.05) is 32.9 Å². The Morgan fingerprint density at radius 2 is 1.16 bits per heavy atom. The van der Waals surface area contributed by atoms with Crippen LogP contribution < -0.4 is 0 Å². The van der Waals surface area contributed by atoms with Gasteiger partial charge in [0.15, 0.2) is 0 Å². The zero-order valence-electron chi connectivity index (χ0n) is 29.3. The molecule has 242 valence electrons. The predicted molar refractivity (Wildman–Crippen MR) is 209 cm³/mol. The maximum Gasteiger partial charge on any atom is 0.204 e. The number of hydrogen-bond donors (Lipinski definition) is 0. The van der Waals surface area contributed by atoms with Gasteiger partial charge in [0.1, 0.15) is 0 Å². The molecule has 2 heterocycles. The van der Waals surface area contributed by atoms with E-state index < -0.39 is 0 Å². The summed E-state index contributed by atoms with van der Waals surface area (Å²) >= 11 is 0. The highest BCUT2D eigenvalue weighted by Gasteiger charge is 2.22. The van der Waals surface area contributed by atoms with Crippen LogP contribution in [0.25, 0.3) is 71.0 Å². The summed E-state index contributed by atoms with van der Waals surface area (Å²) in [4.78, 5) is 3.58. The van der Waals surface area contributed by atoms with Gasteiger partial charge >= 0.3 is 0 Å². The molecule has 0 bridgehead atoms. The van der Waals surface area contributed by atoms with Crippen molar-refractivity contribution in [3.63, 3.8) is 0 Å².